The van der Waals surface area contributed by atoms with Crippen molar-refractivity contribution in [2.45, 2.75) is 92.3 Å². The number of aryl methyl sites for hydroxylation is 1. The first-order valence-electron chi connectivity index (χ1n) is 16.2. The summed E-state index contributed by atoms with van der Waals surface area (Å²) in [5.74, 6) is 0.513. The third-order valence-electron chi connectivity index (χ3n) is 8.61. The number of aromatic nitrogens is 3. The van der Waals surface area contributed by atoms with Gasteiger partial charge in [-0.25, -0.2) is 10.4 Å². The van der Waals surface area contributed by atoms with Crippen molar-refractivity contribution < 1.29 is 19.1 Å². The van der Waals surface area contributed by atoms with Crippen LogP contribution in [0, 0.1) is 11.3 Å². The van der Waals surface area contributed by atoms with Gasteiger partial charge in [0.05, 0.1) is 34.8 Å². The number of carbonyl (C=O) groups excluding carboxylic acids is 2. The lowest BCUT2D eigenvalue weighted by Gasteiger charge is -2.25. The zero-order chi connectivity index (χ0) is 33.3. The van der Waals surface area contributed by atoms with Crippen molar-refractivity contribution in [1.82, 2.24) is 25.4 Å². The van der Waals surface area contributed by atoms with Gasteiger partial charge in [0.25, 0.3) is 6.47 Å². The van der Waals surface area contributed by atoms with Gasteiger partial charge < -0.3 is 14.0 Å². The van der Waals surface area contributed by atoms with Crippen molar-refractivity contribution in [3.05, 3.63) is 58.2 Å². The van der Waals surface area contributed by atoms with Crippen LogP contribution in [0.5, 0.6) is 0 Å². The van der Waals surface area contributed by atoms with Crippen molar-refractivity contribution in [3.8, 4) is 22.5 Å². The Morgan fingerprint density at radius 1 is 1.13 bits per heavy atom. The van der Waals surface area contributed by atoms with Crippen molar-refractivity contribution in [1.29, 1.82) is 0 Å². The van der Waals surface area contributed by atoms with Crippen LogP contribution in [0.3, 0.4) is 0 Å². The maximum absolute atomic E-state index is 11.1. The highest BCUT2D eigenvalue weighted by Crippen LogP contribution is 2.41. The first-order valence-corrected chi connectivity index (χ1v) is 17.1. The van der Waals surface area contributed by atoms with E-state index in [0.29, 0.717) is 31.8 Å². The highest BCUT2D eigenvalue weighted by atomic mass is 32.1. The van der Waals surface area contributed by atoms with Crippen LogP contribution < -0.4 is 10.9 Å². The van der Waals surface area contributed by atoms with Crippen LogP contribution in [0.1, 0.15) is 83.2 Å². The lowest BCUT2D eigenvalue weighted by atomic mass is 9.84. The summed E-state index contributed by atoms with van der Waals surface area (Å²) in [5, 5.41) is 4.48. The third-order valence-corrected chi connectivity index (χ3v) is 9.48. The molecule has 10 heteroatoms. The van der Waals surface area contributed by atoms with Crippen molar-refractivity contribution in [2.24, 2.45) is 11.3 Å². The molecule has 0 aliphatic heterocycles. The minimum Gasteiger partial charge on any atom is -0.467 e. The predicted molar refractivity (Wildman–Crippen MR) is 185 cm³/mol. The Morgan fingerprint density at radius 3 is 2.65 bits per heavy atom. The van der Waals surface area contributed by atoms with Crippen LogP contribution in [0.2, 0.25) is 0 Å². The average molecular weight is 648 g/mol. The molecule has 3 aromatic heterocycles. The van der Waals surface area contributed by atoms with Gasteiger partial charge >= 0.3 is 0 Å². The van der Waals surface area contributed by atoms with E-state index in [0.717, 1.165) is 71.0 Å². The summed E-state index contributed by atoms with van der Waals surface area (Å²) in [6.07, 6.45) is 7.14. The van der Waals surface area contributed by atoms with Gasteiger partial charge in [-0.15, -0.1) is 11.3 Å². The lowest BCUT2D eigenvalue weighted by Crippen LogP contribution is -2.37. The number of hydrazine groups is 1. The lowest BCUT2D eigenvalue weighted by molar-refractivity contribution is -0.131. The maximum Gasteiger partial charge on any atom is 0.293 e. The molecule has 0 fully saturated rings. The molecule has 3 heterocycles. The van der Waals surface area contributed by atoms with Crippen molar-refractivity contribution >= 4 is 35.1 Å². The third kappa shape index (κ3) is 8.60. The molecule has 0 saturated carbocycles. The summed E-state index contributed by atoms with van der Waals surface area (Å²) in [6.45, 7) is 14.5. The predicted octanol–water partition coefficient (Wildman–Crippen LogP) is 7.28. The fourth-order valence-corrected chi connectivity index (χ4v) is 7.17. The standard InChI is InChI=1S/C36H49N5O4S/c1-8-41-32-15-14-27(31-20-46-33(39-31)17-24(2)11-9-12-25(3)40-38-22-42)18-29(32)30(19-36(5,6)21-45-23-43)35(41)28-13-10-16-37-34(28)26(4)44-7/h10,13-16,18,20,22-26,40H,8-9,11-12,17,19,21H2,1-7H3,(H,38,42). The number of ether oxygens (including phenoxy) is 2. The topological polar surface area (TPSA) is 107 Å². The van der Waals surface area contributed by atoms with Crippen LogP contribution in [0.4, 0.5) is 0 Å². The van der Waals surface area contributed by atoms with Crippen molar-refractivity contribution in [2.75, 3.05) is 13.7 Å². The molecule has 4 rings (SSSR count). The number of hydrogen-bond acceptors (Lipinski definition) is 8. The Labute approximate surface area is 277 Å². The number of nitrogens with zero attached hydrogens (tertiary/aromatic N) is 3. The fourth-order valence-electron chi connectivity index (χ4n) is 6.20. The van der Waals surface area contributed by atoms with Crippen LogP contribution >= 0.6 is 11.3 Å². The minimum atomic E-state index is -0.295. The number of amides is 1. The van der Waals surface area contributed by atoms with Gasteiger partial charge in [-0.2, -0.15) is 0 Å². The zero-order valence-electron chi connectivity index (χ0n) is 28.3. The molecular formula is C36H49N5O4S. The smallest absolute Gasteiger partial charge is 0.293 e. The second kappa shape index (κ2) is 16.3. The van der Waals surface area contributed by atoms with Crippen LogP contribution in [-0.2, 0) is 38.4 Å². The summed E-state index contributed by atoms with van der Waals surface area (Å²) in [5.41, 5.74) is 12.7. The normalized spacial score (nSPS) is 13.8. The van der Waals surface area contributed by atoms with E-state index < -0.39 is 0 Å². The van der Waals surface area contributed by atoms with Gasteiger partial charge in [0, 0.05) is 65.1 Å². The van der Waals surface area contributed by atoms with Gasteiger partial charge in [-0.1, -0.05) is 39.7 Å². The number of thiazole rings is 1. The summed E-state index contributed by atoms with van der Waals surface area (Å²) in [6, 6.07) is 11.0. The molecule has 0 bridgehead atoms. The molecule has 1 amide bonds. The molecule has 0 aliphatic carbocycles. The molecule has 3 unspecified atom stereocenters. The molecule has 3 atom stereocenters. The highest BCUT2D eigenvalue weighted by Gasteiger charge is 2.28. The van der Waals surface area contributed by atoms with Gasteiger partial charge in [0.15, 0.2) is 0 Å². The molecule has 0 aliphatic rings. The number of rotatable bonds is 19. The molecule has 9 nitrogen and oxygen atoms in total. The van der Waals surface area contributed by atoms with Crippen molar-refractivity contribution in [3.63, 3.8) is 0 Å². The van der Waals surface area contributed by atoms with E-state index in [1.807, 2.05) is 19.2 Å². The van der Waals surface area contributed by atoms with E-state index >= 15 is 0 Å². The Morgan fingerprint density at radius 2 is 1.93 bits per heavy atom. The van der Waals surface area contributed by atoms with Gasteiger partial charge in [0.1, 0.15) is 0 Å². The van der Waals surface area contributed by atoms with Crippen LogP contribution in [0.15, 0.2) is 41.9 Å². The molecule has 4 aromatic rings. The Hall–Kier alpha value is -3.60. The van der Waals surface area contributed by atoms with Crippen LogP contribution in [-0.4, -0.2) is 47.2 Å². The summed E-state index contributed by atoms with van der Waals surface area (Å²) in [7, 11) is 1.71. The summed E-state index contributed by atoms with van der Waals surface area (Å²) < 4.78 is 13.4. The SMILES string of the molecule is CCn1c(-c2cccnc2C(C)OC)c(CC(C)(C)COC=O)c2cc(-c3csc(CC(C)CCCC(C)NNC=O)n3)ccc21. The Balaban J connectivity index is 1.70. The van der Waals surface area contributed by atoms with Gasteiger partial charge in [-0.3, -0.25) is 20.0 Å². The molecule has 46 heavy (non-hydrogen) atoms. The largest absolute Gasteiger partial charge is 0.467 e. The van der Waals surface area contributed by atoms with E-state index in [1.54, 1.807) is 18.4 Å². The second-order valence-corrected chi connectivity index (χ2v) is 14.0. The van der Waals surface area contributed by atoms with Crippen LogP contribution in [0.25, 0.3) is 33.4 Å². The van der Waals surface area contributed by atoms with Gasteiger partial charge in [0.2, 0.25) is 6.41 Å². The Kier molecular flexibility index (Phi) is 12.5. The number of benzene rings is 1. The summed E-state index contributed by atoms with van der Waals surface area (Å²) >= 11 is 1.72. The number of pyridine rings is 1. The monoisotopic (exact) mass is 647 g/mol. The molecular weight excluding hydrogens is 598 g/mol. The number of methoxy groups -OCH3 is 1. The summed E-state index contributed by atoms with van der Waals surface area (Å²) in [4.78, 5) is 31.5. The first-order chi connectivity index (χ1) is 22.1. The van der Waals surface area contributed by atoms with E-state index in [-0.39, 0.29) is 17.6 Å². The maximum atomic E-state index is 11.1. The molecule has 0 radical (unpaired) electrons. The quantitative estimate of drug-likeness (QED) is 0.0813. The fraction of sp³-hybridized carbons (Fsp3) is 0.500. The first kappa shape index (κ1) is 35.3. The molecule has 0 spiro atoms. The van der Waals surface area contributed by atoms with E-state index in [9.17, 15) is 9.59 Å². The molecule has 2 N–H and O–H groups in total. The zero-order valence-corrected chi connectivity index (χ0v) is 29.1. The number of hydrogen-bond donors (Lipinski definition) is 2. The minimum absolute atomic E-state index is 0.176. The molecule has 248 valence electrons. The molecule has 1 aromatic carbocycles. The number of nitrogens with one attached hydrogen (secondary N) is 2. The van der Waals surface area contributed by atoms with E-state index in [2.05, 4.69) is 79.7 Å². The average Bonchev–Trinajstić information content (AvgIpc) is 3.63. The van der Waals surface area contributed by atoms with Gasteiger partial charge in [-0.05, 0) is 69.4 Å². The second-order valence-electron chi connectivity index (χ2n) is 13.0. The van der Waals surface area contributed by atoms with E-state index in [4.69, 9.17) is 19.4 Å². The Bertz CT molecular complexity index is 1600. The number of carbonyl (C=O) groups is 2. The molecule has 0 saturated heterocycles. The highest BCUT2D eigenvalue weighted by molar-refractivity contribution is 7.09. The van der Waals surface area contributed by atoms with E-state index in [1.165, 1.54) is 10.9 Å². The number of fused-ring (bicyclic) bond motifs is 1.